The topological polar surface area (TPSA) is 87.6 Å². The van der Waals surface area contributed by atoms with Crippen molar-refractivity contribution in [2.45, 2.75) is 0 Å². The molecule has 0 aromatic carbocycles. The van der Waals surface area contributed by atoms with Crippen molar-refractivity contribution in [2.24, 2.45) is 0 Å². The van der Waals surface area contributed by atoms with Gasteiger partial charge in [0.1, 0.15) is 21.2 Å². The number of carbonyl (C=O) groups is 1. The van der Waals surface area contributed by atoms with E-state index in [0.717, 1.165) is 6.26 Å². The van der Waals surface area contributed by atoms with Crippen LogP contribution in [0.2, 0.25) is 0 Å². The number of hydrogen-bond donors (Lipinski definition) is 1. The minimum absolute atomic E-state index is 0.0425. The number of anilines is 1. The number of sulfone groups is 1. The Morgan fingerprint density at radius 1 is 1.53 bits per heavy atom. The Hall–Kier alpha value is -1.63. The highest BCUT2D eigenvalue weighted by atomic mass is 32.2. The largest absolute Gasteiger partial charge is 0.478 e. The molecule has 0 spiro atoms. The molecule has 0 aliphatic carbocycles. The summed E-state index contributed by atoms with van der Waals surface area (Å²) < 4.78 is 22.0. The maximum atomic E-state index is 11.0. The van der Waals surface area contributed by atoms with Crippen molar-refractivity contribution in [3.05, 3.63) is 23.9 Å². The summed E-state index contributed by atoms with van der Waals surface area (Å²) in [5.41, 5.74) is 0.0588. The quantitative estimate of drug-likeness (QED) is 0.815. The van der Waals surface area contributed by atoms with Gasteiger partial charge in [0, 0.05) is 26.0 Å². The van der Waals surface area contributed by atoms with Crippen LogP contribution in [0.1, 0.15) is 10.4 Å². The second-order valence-corrected chi connectivity index (χ2v) is 5.99. The molecule has 1 N–H and O–H groups in total. The summed E-state index contributed by atoms with van der Waals surface area (Å²) in [7, 11) is -1.47. The Morgan fingerprint density at radius 2 is 2.18 bits per heavy atom. The lowest BCUT2D eigenvalue weighted by molar-refractivity contribution is 0.0697. The second-order valence-electron chi connectivity index (χ2n) is 3.73. The summed E-state index contributed by atoms with van der Waals surface area (Å²) >= 11 is 0. The summed E-state index contributed by atoms with van der Waals surface area (Å²) in [6, 6.07) is 2.96. The lowest BCUT2D eigenvalue weighted by Gasteiger charge is -2.19. The van der Waals surface area contributed by atoms with Crippen LogP contribution in [0.4, 0.5) is 5.82 Å². The van der Waals surface area contributed by atoms with E-state index in [4.69, 9.17) is 5.11 Å². The average molecular weight is 258 g/mol. The smallest absolute Gasteiger partial charge is 0.339 e. The molecule has 0 amide bonds. The molecule has 0 bridgehead atoms. The van der Waals surface area contributed by atoms with Gasteiger partial charge in [-0.15, -0.1) is 0 Å². The molecule has 0 aliphatic rings. The van der Waals surface area contributed by atoms with Crippen molar-refractivity contribution < 1.29 is 18.3 Å². The van der Waals surface area contributed by atoms with Crippen molar-refractivity contribution in [3.8, 4) is 0 Å². The number of aromatic nitrogens is 1. The van der Waals surface area contributed by atoms with Gasteiger partial charge in [0.25, 0.3) is 0 Å². The van der Waals surface area contributed by atoms with Crippen LogP contribution in [0.25, 0.3) is 0 Å². The average Bonchev–Trinajstić information content (AvgIpc) is 2.25. The Balaban J connectivity index is 2.89. The van der Waals surface area contributed by atoms with Crippen LogP contribution < -0.4 is 4.90 Å². The van der Waals surface area contributed by atoms with Gasteiger partial charge in [0.15, 0.2) is 0 Å². The molecule has 1 rings (SSSR count). The van der Waals surface area contributed by atoms with Crippen LogP contribution in [0, 0.1) is 0 Å². The van der Waals surface area contributed by atoms with E-state index in [1.54, 1.807) is 7.05 Å². The summed E-state index contributed by atoms with van der Waals surface area (Å²) in [6.45, 7) is 0.204. The van der Waals surface area contributed by atoms with Crippen molar-refractivity contribution in [1.82, 2.24) is 4.98 Å². The van der Waals surface area contributed by atoms with Gasteiger partial charge in [-0.2, -0.15) is 0 Å². The Morgan fingerprint density at radius 3 is 2.71 bits per heavy atom. The molecule has 6 nitrogen and oxygen atoms in total. The van der Waals surface area contributed by atoms with E-state index in [2.05, 4.69) is 4.98 Å². The third-order valence-electron chi connectivity index (χ3n) is 2.18. The first-order valence-electron chi connectivity index (χ1n) is 4.88. The molecule has 17 heavy (non-hydrogen) atoms. The number of aromatic carboxylic acids is 1. The number of carboxylic acids is 1. The molecule has 0 saturated heterocycles. The molecule has 0 fully saturated rings. The highest BCUT2D eigenvalue weighted by Crippen LogP contribution is 2.15. The predicted octanol–water partition coefficient (Wildman–Crippen LogP) is 0.261. The minimum Gasteiger partial charge on any atom is -0.478 e. The summed E-state index contributed by atoms with van der Waals surface area (Å²) in [5.74, 6) is -0.859. The van der Waals surface area contributed by atoms with E-state index < -0.39 is 15.8 Å². The van der Waals surface area contributed by atoms with Crippen LogP contribution in [0.5, 0.6) is 0 Å². The molecule has 1 aromatic heterocycles. The molecule has 0 atom stereocenters. The van der Waals surface area contributed by atoms with Crippen LogP contribution in [-0.2, 0) is 9.84 Å². The molecule has 94 valence electrons. The number of pyridine rings is 1. The van der Waals surface area contributed by atoms with Crippen molar-refractivity contribution in [1.29, 1.82) is 0 Å². The molecular weight excluding hydrogens is 244 g/mol. The zero-order chi connectivity index (χ0) is 13.1. The van der Waals surface area contributed by atoms with E-state index in [9.17, 15) is 13.2 Å². The monoisotopic (exact) mass is 258 g/mol. The number of carboxylic acid groups (broad SMARTS) is 1. The SMILES string of the molecule is CN(CCS(C)(=O)=O)c1ncccc1C(=O)O. The van der Waals surface area contributed by atoms with E-state index in [1.165, 1.54) is 23.2 Å². The highest BCUT2D eigenvalue weighted by molar-refractivity contribution is 7.90. The molecule has 1 heterocycles. The normalized spacial score (nSPS) is 11.2. The van der Waals surface area contributed by atoms with E-state index in [0.29, 0.717) is 0 Å². The molecule has 0 aliphatic heterocycles. The standard InChI is InChI=1S/C10H14N2O4S/c1-12(6-7-17(2,15)16)9-8(10(13)14)4-3-5-11-9/h3-5H,6-7H2,1-2H3,(H,13,14). The zero-order valence-corrected chi connectivity index (χ0v) is 10.4. The summed E-state index contributed by atoms with van der Waals surface area (Å²) in [5, 5.41) is 8.96. The minimum atomic E-state index is -3.08. The molecule has 0 radical (unpaired) electrons. The van der Waals surface area contributed by atoms with Gasteiger partial charge in [-0.25, -0.2) is 18.2 Å². The first-order valence-corrected chi connectivity index (χ1v) is 6.94. The first kappa shape index (κ1) is 13.4. The van der Waals surface area contributed by atoms with Crippen LogP contribution in [0.15, 0.2) is 18.3 Å². The van der Waals surface area contributed by atoms with E-state index >= 15 is 0 Å². The fraction of sp³-hybridized carbons (Fsp3) is 0.400. The first-order chi connectivity index (χ1) is 7.81. The third-order valence-corrected chi connectivity index (χ3v) is 3.10. The Kier molecular flexibility index (Phi) is 4.06. The van der Waals surface area contributed by atoms with Gasteiger partial charge < -0.3 is 10.0 Å². The number of hydrogen-bond acceptors (Lipinski definition) is 5. The fourth-order valence-electron chi connectivity index (χ4n) is 1.28. The zero-order valence-electron chi connectivity index (χ0n) is 9.62. The molecule has 0 unspecified atom stereocenters. The lowest BCUT2D eigenvalue weighted by atomic mass is 10.2. The van der Waals surface area contributed by atoms with Gasteiger partial charge in [-0.1, -0.05) is 0 Å². The van der Waals surface area contributed by atoms with Crippen molar-refractivity contribution in [2.75, 3.05) is 30.5 Å². The number of nitrogens with zero attached hydrogens (tertiary/aromatic N) is 2. The maximum absolute atomic E-state index is 11.0. The van der Waals surface area contributed by atoms with Crippen LogP contribution in [-0.4, -0.2) is 50.1 Å². The summed E-state index contributed by atoms with van der Waals surface area (Å²) in [4.78, 5) is 16.4. The highest BCUT2D eigenvalue weighted by Gasteiger charge is 2.15. The summed E-state index contributed by atoms with van der Waals surface area (Å²) in [6.07, 6.45) is 2.61. The third kappa shape index (κ3) is 4.03. The van der Waals surface area contributed by atoms with Gasteiger partial charge in [-0.3, -0.25) is 0 Å². The number of rotatable bonds is 5. The van der Waals surface area contributed by atoms with Crippen LogP contribution in [0.3, 0.4) is 0 Å². The predicted molar refractivity (Wildman–Crippen MR) is 64.2 cm³/mol. The van der Waals surface area contributed by atoms with E-state index in [-0.39, 0.29) is 23.7 Å². The molecular formula is C10H14N2O4S. The fourth-order valence-corrected chi connectivity index (χ4v) is 1.88. The second kappa shape index (κ2) is 5.13. The maximum Gasteiger partial charge on any atom is 0.339 e. The molecule has 0 saturated carbocycles. The Labute approximate surface area is 99.8 Å². The van der Waals surface area contributed by atoms with Crippen molar-refractivity contribution in [3.63, 3.8) is 0 Å². The van der Waals surface area contributed by atoms with Gasteiger partial charge >= 0.3 is 5.97 Å². The Bertz CT molecular complexity index is 513. The van der Waals surface area contributed by atoms with Crippen LogP contribution >= 0.6 is 0 Å². The molecule has 7 heteroatoms. The van der Waals surface area contributed by atoms with E-state index in [1.807, 2.05) is 0 Å². The van der Waals surface area contributed by atoms with Gasteiger partial charge in [-0.05, 0) is 12.1 Å². The van der Waals surface area contributed by atoms with Crippen molar-refractivity contribution >= 4 is 21.6 Å². The molecule has 1 aromatic rings. The van der Waals surface area contributed by atoms with Gasteiger partial charge in [0.2, 0.25) is 0 Å². The van der Waals surface area contributed by atoms with Gasteiger partial charge in [0.05, 0.1) is 5.75 Å². The lowest BCUT2D eigenvalue weighted by Crippen LogP contribution is -2.27.